The summed E-state index contributed by atoms with van der Waals surface area (Å²) in [7, 11) is 0. The molecule has 0 unspecified atom stereocenters. The van der Waals surface area contributed by atoms with Gasteiger partial charge in [-0.2, -0.15) is 5.26 Å². The summed E-state index contributed by atoms with van der Waals surface area (Å²) in [4.78, 5) is 17.3. The van der Waals surface area contributed by atoms with Gasteiger partial charge in [0, 0.05) is 32.2 Å². The van der Waals surface area contributed by atoms with Crippen molar-refractivity contribution in [3.8, 4) is 6.07 Å². The van der Waals surface area contributed by atoms with Crippen LogP contribution in [-0.2, 0) is 4.79 Å². The Hall–Kier alpha value is -2.06. The van der Waals surface area contributed by atoms with Crippen LogP contribution >= 0.6 is 0 Å². The normalized spacial score (nSPS) is 25.3. The second kappa shape index (κ2) is 9.23. The fraction of sp³-hybridized carbons (Fsp3) is 0.636. The molecule has 1 saturated carbocycles. The van der Waals surface area contributed by atoms with Crippen LogP contribution in [0.3, 0.4) is 0 Å². The Kier molecular flexibility index (Phi) is 6.73. The molecule has 0 spiro atoms. The summed E-state index contributed by atoms with van der Waals surface area (Å²) in [6, 6.07) is 10.3. The molecule has 5 nitrogen and oxygen atoms in total. The number of para-hydroxylation sites is 1. The summed E-state index contributed by atoms with van der Waals surface area (Å²) >= 11 is 0. The molecular weight excluding hydrogens is 336 g/mol. The van der Waals surface area contributed by atoms with E-state index in [0.717, 1.165) is 62.6 Å². The third-order valence-electron chi connectivity index (χ3n) is 6.19. The van der Waals surface area contributed by atoms with Crippen LogP contribution in [0, 0.1) is 17.2 Å². The Bertz CT molecular complexity index is 675. The van der Waals surface area contributed by atoms with Gasteiger partial charge in [0.2, 0.25) is 5.91 Å². The van der Waals surface area contributed by atoms with Crippen LogP contribution in [0.1, 0.15) is 51.5 Å². The van der Waals surface area contributed by atoms with Crippen molar-refractivity contribution in [1.29, 1.82) is 5.26 Å². The minimum atomic E-state index is -0.101. The first-order valence-corrected chi connectivity index (χ1v) is 10.4. The fourth-order valence-electron chi connectivity index (χ4n) is 4.30. The minimum Gasteiger partial charge on any atom is -0.369 e. The van der Waals surface area contributed by atoms with Crippen molar-refractivity contribution in [2.75, 3.05) is 31.1 Å². The molecule has 2 fully saturated rings. The summed E-state index contributed by atoms with van der Waals surface area (Å²) in [5.41, 5.74) is 1.73. The first-order chi connectivity index (χ1) is 13.1. The molecular formula is C22H32N4O. The largest absolute Gasteiger partial charge is 0.369 e. The molecule has 5 heteroatoms. The van der Waals surface area contributed by atoms with Crippen LogP contribution in [0.25, 0.3) is 0 Å². The number of nitrogens with one attached hydrogen (secondary N) is 1. The van der Waals surface area contributed by atoms with E-state index in [9.17, 15) is 10.1 Å². The smallest absolute Gasteiger partial charge is 0.237 e. The fourth-order valence-corrected chi connectivity index (χ4v) is 4.30. The van der Waals surface area contributed by atoms with Crippen molar-refractivity contribution >= 4 is 11.6 Å². The minimum absolute atomic E-state index is 0.101. The molecule has 1 amide bonds. The summed E-state index contributed by atoms with van der Waals surface area (Å²) < 4.78 is 0. The zero-order valence-corrected chi connectivity index (χ0v) is 16.7. The number of carbonyl (C=O) groups is 1. The molecule has 1 N–H and O–H groups in total. The van der Waals surface area contributed by atoms with Crippen molar-refractivity contribution in [2.45, 2.75) is 58.0 Å². The van der Waals surface area contributed by atoms with Gasteiger partial charge in [-0.25, -0.2) is 0 Å². The predicted molar refractivity (Wildman–Crippen MR) is 109 cm³/mol. The molecule has 1 aliphatic heterocycles. The van der Waals surface area contributed by atoms with Gasteiger partial charge in [-0.1, -0.05) is 19.1 Å². The molecule has 1 aliphatic carbocycles. The lowest BCUT2D eigenvalue weighted by molar-refractivity contribution is -0.126. The van der Waals surface area contributed by atoms with Gasteiger partial charge in [0.25, 0.3) is 0 Å². The van der Waals surface area contributed by atoms with Crippen molar-refractivity contribution in [1.82, 2.24) is 10.2 Å². The number of rotatable bonds is 4. The highest BCUT2D eigenvalue weighted by Gasteiger charge is 2.27. The summed E-state index contributed by atoms with van der Waals surface area (Å²) in [6.45, 7) is 7.85. The van der Waals surface area contributed by atoms with Crippen LogP contribution in [0.4, 0.5) is 5.69 Å². The standard InChI is InChI=1S/C22H32N4O/c1-17-8-10-20(11-9-17)24-22(27)18(2)25-12-5-13-26(15-14-25)21-7-4-3-6-19(21)16-23/h3-4,6-7,17-18,20H,5,8-15H2,1-2H3,(H,24,27)/t17?,18-,20?/m1/s1. The van der Waals surface area contributed by atoms with Gasteiger partial charge >= 0.3 is 0 Å². The molecule has 1 atom stereocenters. The van der Waals surface area contributed by atoms with Gasteiger partial charge in [-0.3, -0.25) is 9.69 Å². The molecule has 0 bridgehead atoms. The number of nitriles is 1. The average molecular weight is 369 g/mol. The van der Waals surface area contributed by atoms with Gasteiger partial charge in [0.15, 0.2) is 0 Å². The van der Waals surface area contributed by atoms with Gasteiger partial charge < -0.3 is 10.2 Å². The van der Waals surface area contributed by atoms with E-state index in [-0.39, 0.29) is 11.9 Å². The lowest BCUT2D eigenvalue weighted by Crippen LogP contribution is -2.49. The molecule has 0 radical (unpaired) electrons. The number of amides is 1. The van der Waals surface area contributed by atoms with E-state index in [4.69, 9.17) is 0 Å². The van der Waals surface area contributed by atoms with E-state index in [1.807, 2.05) is 31.2 Å². The molecule has 1 heterocycles. The molecule has 27 heavy (non-hydrogen) atoms. The third-order valence-corrected chi connectivity index (χ3v) is 6.19. The number of hydrogen-bond acceptors (Lipinski definition) is 4. The van der Waals surface area contributed by atoms with Crippen molar-refractivity contribution in [3.63, 3.8) is 0 Å². The Morgan fingerprint density at radius 3 is 2.63 bits per heavy atom. The van der Waals surface area contributed by atoms with E-state index in [0.29, 0.717) is 6.04 Å². The molecule has 1 aromatic rings. The van der Waals surface area contributed by atoms with E-state index in [1.165, 1.54) is 12.8 Å². The Balaban J connectivity index is 1.55. The average Bonchev–Trinajstić information content (AvgIpc) is 2.95. The van der Waals surface area contributed by atoms with Crippen LogP contribution < -0.4 is 10.2 Å². The molecule has 146 valence electrons. The first-order valence-electron chi connectivity index (χ1n) is 10.4. The summed E-state index contributed by atoms with van der Waals surface area (Å²) in [5, 5.41) is 12.6. The third kappa shape index (κ3) is 5.01. The molecule has 1 saturated heterocycles. The van der Waals surface area contributed by atoms with E-state index in [1.54, 1.807) is 0 Å². The van der Waals surface area contributed by atoms with Gasteiger partial charge in [-0.15, -0.1) is 0 Å². The lowest BCUT2D eigenvalue weighted by Gasteiger charge is -2.31. The highest BCUT2D eigenvalue weighted by molar-refractivity contribution is 5.81. The van der Waals surface area contributed by atoms with Gasteiger partial charge in [-0.05, 0) is 57.1 Å². The molecule has 0 aromatic heterocycles. The Labute approximate surface area is 163 Å². The van der Waals surface area contributed by atoms with Crippen molar-refractivity contribution in [3.05, 3.63) is 29.8 Å². The summed E-state index contributed by atoms with van der Waals surface area (Å²) in [5.74, 6) is 0.962. The topological polar surface area (TPSA) is 59.4 Å². The van der Waals surface area contributed by atoms with Crippen LogP contribution in [0.5, 0.6) is 0 Å². The zero-order valence-electron chi connectivity index (χ0n) is 16.7. The molecule has 2 aliphatic rings. The maximum atomic E-state index is 12.7. The zero-order chi connectivity index (χ0) is 19.2. The van der Waals surface area contributed by atoms with Crippen LogP contribution in [-0.4, -0.2) is 49.1 Å². The number of hydrogen-bond donors (Lipinski definition) is 1. The first kappa shape index (κ1) is 19.7. The molecule has 1 aromatic carbocycles. The van der Waals surface area contributed by atoms with E-state index >= 15 is 0 Å². The number of anilines is 1. The van der Waals surface area contributed by atoms with E-state index in [2.05, 4.69) is 28.1 Å². The van der Waals surface area contributed by atoms with Crippen LogP contribution in [0.2, 0.25) is 0 Å². The maximum Gasteiger partial charge on any atom is 0.237 e. The van der Waals surface area contributed by atoms with Crippen molar-refractivity contribution < 1.29 is 4.79 Å². The van der Waals surface area contributed by atoms with Gasteiger partial charge in [0.05, 0.1) is 17.3 Å². The SMILES string of the molecule is CC1CCC(NC(=O)[C@@H](C)N2CCCN(c3ccccc3C#N)CC2)CC1. The van der Waals surface area contributed by atoms with Crippen molar-refractivity contribution in [2.24, 2.45) is 5.92 Å². The van der Waals surface area contributed by atoms with E-state index < -0.39 is 0 Å². The number of nitrogens with zero attached hydrogens (tertiary/aromatic N) is 3. The lowest BCUT2D eigenvalue weighted by atomic mass is 9.87. The highest BCUT2D eigenvalue weighted by Crippen LogP contribution is 2.24. The predicted octanol–water partition coefficient (Wildman–Crippen LogP) is 3.15. The highest BCUT2D eigenvalue weighted by atomic mass is 16.2. The second-order valence-electron chi connectivity index (χ2n) is 8.15. The molecule has 3 rings (SSSR count). The maximum absolute atomic E-state index is 12.7. The Morgan fingerprint density at radius 2 is 1.89 bits per heavy atom. The Morgan fingerprint density at radius 1 is 1.15 bits per heavy atom. The monoisotopic (exact) mass is 368 g/mol. The summed E-state index contributed by atoms with van der Waals surface area (Å²) in [6.07, 6.45) is 5.65. The second-order valence-corrected chi connectivity index (χ2v) is 8.15. The number of carbonyl (C=O) groups excluding carboxylic acids is 1. The quantitative estimate of drug-likeness (QED) is 0.887. The van der Waals surface area contributed by atoms with Crippen LogP contribution in [0.15, 0.2) is 24.3 Å². The number of benzene rings is 1. The van der Waals surface area contributed by atoms with Gasteiger partial charge in [0.1, 0.15) is 6.07 Å².